The maximum Gasteiger partial charge on any atom is 0.416 e. The highest BCUT2D eigenvalue weighted by Crippen LogP contribution is 2.33. The summed E-state index contributed by atoms with van der Waals surface area (Å²) < 4.78 is 37.1. The summed E-state index contributed by atoms with van der Waals surface area (Å²) in [6.45, 7) is 4.86. The lowest BCUT2D eigenvalue weighted by Gasteiger charge is -2.12. The van der Waals surface area contributed by atoms with Crippen molar-refractivity contribution in [2.45, 2.75) is 26.4 Å². The summed E-state index contributed by atoms with van der Waals surface area (Å²) in [7, 11) is 0. The van der Waals surface area contributed by atoms with Gasteiger partial charge in [-0.1, -0.05) is 25.4 Å². The van der Waals surface area contributed by atoms with Crippen LogP contribution in [0.25, 0.3) is 0 Å². The lowest BCUT2D eigenvalue weighted by Crippen LogP contribution is -2.07. The van der Waals surface area contributed by atoms with Crippen LogP contribution >= 0.6 is 11.6 Å². The molecule has 1 aromatic carbocycles. The predicted octanol–water partition coefficient (Wildman–Crippen LogP) is 4.82. The number of alkyl halides is 3. The molecular formula is C12H15ClF3N. The van der Waals surface area contributed by atoms with E-state index in [4.69, 9.17) is 11.6 Å². The van der Waals surface area contributed by atoms with Gasteiger partial charge in [-0.2, -0.15) is 13.2 Å². The van der Waals surface area contributed by atoms with Crippen molar-refractivity contribution in [3.63, 3.8) is 0 Å². The van der Waals surface area contributed by atoms with Crippen molar-refractivity contribution in [1.29, 1.82) is 0 Å². The van der Waals surface area contributed by atoms with Crippen LogP contribution in [0.2, 0.25) is 5.02 Å². The van der Waals surface area contributed by atoms with Gasteiger partial charge in [0.1, 0.15) is 0 Å². The van der Waals surface area contributed by atoms with Crippen molar-refractivity contribution < 1.29 is 13.2 Å². The summed E-state index contributed by atoms with van der Waals surface area (Å²) in [6, 6.07) is 3.34. The molecule has 96 valence electrons. The number of anilines is 1. The molecule has 0 aliphatic heterocycles. The molecule has 1 nitrogen and oxygen atoms in total. The highest BCUT2D eigenvalue weighted by molar-refractivity contribution is 6.33. The fourth-order valence-electron chi connectivity index (χ4n) is 1.33. The highest BCUT2D eigenvalue weighted by atomic mass is 35.5. The summed E-state index contributed by atoms with van der Waals surface area (Å²) in [5.41, 5.74) is -0.183. The monoisotopic (exact) mass is 265 g/mol. The van der Waals surface area contributed by atoms with Crippen molar-refractivity contribution in [3.05, 3.63) is 28.8 Å². The number of nitrogens with one attached hydrogen (secondary N) is 1. The van der Waals surface area contributed by atoms with Crippen LogP contribution in [0.4, 0.5) is 18.9 Å². The van der Waals surface area contributed by atoms with E-state index in [-0.39, 0.29) is 5.02 Å². The molecule has 0 saturated heterocycles. The Kier molecular flexibility index (Phi) is 4.69. The standard InChI is InChI=1S/C12H15ClF3N/c1-8(2)5-6-17-11-4-3-9(7-10(11)13)12(14,15)16/h3-4,7-8,17H,5-6H2,1-2H3. The van der Waals surface area contributed by atoms with Crippen LogP contribution < -0.4 is 5.32 Å². The summed E-state index contributed by atoms with van der Waals surface area (Å²) >= 11 is 5.79. The highest BCUT2D eigenvalue weighted by Gasteiger charge is 2.30. The zero-order chi connectivity index (χ0) is 13.1. The summed E-state index contributed by atoms with van der Waals surface area (Å²) in [6.07, 6.45) is -3.41. The number of halogens is 4. The second kappa shape index (κ2) is 5.63. The van der Waals surface area contributed by atoms with Crippen LogP contribution in [0.15, 0.2) is 18.2 Å². The molecule has 0 bridgehead atoms. The molecule has 0 unspecified atom stereocenters. The normalized spacial score (nSPS) is 11.9. The topological polar surface area (TPSA) is 12.0 Å². The van der Waals surface area contributed by atoms with Gasteiger partial charge < -0.3 is 5.32 Å². The number of benzene rings is 1. The van der Waals surface area contributed by atoms with E-state index in [0.29, 0.717) is 18.2 Å². The van der Waals surface area contributed by atoms with E-state index in [0.717, 1.165) is 18.6 Å². The van der Waals surface area contributed by atoms with Gasteiger partial charge in [-0.25, -0.2) is 0 Å². The van der Waals surface area contributed by atoms with Crippen molar-refractivity contribution in [2.75, 3.05) is 11.9 Å². The van der Waals surface area contributed by atoms with E-state index in [1.807, 2.05) is 0 Å². The van der Waals surface area contributed by atoms with E-state index in [1.165, 1.54) is 6.07 Å². The van der Waals surface area contributed by atoms with E-state index >= 15 is 0 Å². The second-order valence-corrected chi connectivity index (χ2v) is 4.71. The Morgan fingerprint density at radius 1 is 1.29 bits per heavy atom. The molecular weight excluding hydrogens is 251 g/mol. The van der Waals surface area contributed by atoms with Crippen LogP contribution in [-0.4, -0.2) is 6.54 Å². The van der Waals surface area contributed by atoms with Gasteiger partial charge in [-0.15, -0.1) is 0 Å². The lowest BCUT2D eigenvalue weighted by molar-refractivity contribution is -0.137. The largest absolute Gasteiger partial charge is 0.416 e. The molecule has 0 aliphatic carbocycles. The van der Waals surface area contributed by atoms with E-state index in [1.54, 1.807) is 0 Å². The van der Waals surface area contributed by atoms with E-state index < -0.39 is 11.7 Å². The predicted molar refractivity (Wildman–Crippen MR) is 64.4 cm³/mol. The zero-order valence-corrected chi connectivity index (χ0v) is 10.5. The number of hydrogen-bond donors (Lipinski definition) is 1. The molecule has 0 aromatic heterocycles. The number of hydrogen-bond acceptors (Lipinski definition) is 1. The van der Waals surface area contributed by atoms with Crippen LogP contribution in [-0.2, 0) is 6.18 Å². The molecule has 17 heavy (non-hydrogen) atoms. The fraction of sp³-hybridized carbons (Fsp3) is 0.500. The van der Waals surface area contributed by atoms with E-state index in [2.05, 4.69) is 19.2 Å². The Labute approximate surface area is 104 Å². The van der Waals surface area contributed by atoms with Crippen LogP contribution in [0.3, 0.4) is 0 Å². The third-order valence-corrected chi connectivity index (χ3v) is 2.65. The maximum atomic E-state index is 12.4. The first-order valence-corrected chi connectivity index (χ1v) is 5.79. The molecule has 0 spiro atoms. The van der Waals surface area contributed by atoms with Crippen molar-refractivity contribution in [3.8, 4) is 0 Å². The van der Waals surface area contributed by atoms with Crippen LogP contribution in [0.1, 0.15) is 25.8 Å². The number of rotatable bonds is 4. The summed E-state index contributed by atoms with van der Waals surface area (Å²) in [4.78, 5) is 0. The summed E-state index contributed by atoms with van der Waals surface area (Å²) in [5.74, 6) is 0.538. The molecule has 0 atom stereocenters. The average molecular weight is 266 g/mol. The van der Waals surface area contributed by atoms with Gasteiger partial charge in [0.25, 0.3) is 0 Å². The van der Waals surface area contributed by atoms with Gasteiger partial charge in [0.2, 0.25) is 0 Å². The first-order chi connectivity index (χ1) is 7.80. The SMILES string of the molecule is CC(C)CCNc1ccc(C(F)(F)F)cc1Cl. The molecule has 0 radical (unpaired) electrons. The fourth-order valence-corrected chi connectivity index (χ4v) is 1.58. The molecule has 1 rings (SSSR count). The minimum atomic E-state index is -4.35. The van der Waals surface area contributed by atoms with Crippen LogP contribution in [0.5, 0.6) is 0 Å². The summed E-state index contributed by atoms with van der Waals surface area (Å²) in [5, 5.41) is 3.12. The Morgan fingerprint density at radius 2 is 1.94 bits per heavy atom. The first-order valence-electron chi connectivity index (χ1n) is 5.41. The Morgan fingerprint density at radius 3 is 2.41 bits per heavy atom. The average Bonchev–Trinajstić information content (AvgIpc) is 2.18. The quantitative estimate of drug-likeness (QED) is 0.823. The van der Waals surface area contributed by atoms with Gasteiger partial charge >= 0.3 is 6.18 Å². The molecule has 0 fully saturated rings. The minimum Gasteiger partial charge on any atom is -0.384 e. The first kappa shape index (κ1) is 14.2. The molecule has 1 aromatic rings. The van der Waals surface area contributed by atoms with Gasteiger partial charge in [0, 0.05) is 6.54 Å². The van der Waals surface area contributed by atoms with Gasteiger partial charge in [0.15, 0.2) is 0 Å². The van der Waals surface area contributed by atoms with Crippen molar-refractivity contribution >= 4 is 17.3 Å². The molecule has 1 N–H and O–H groups in total. The lowest BCUT2D eigenvalue weighted by atomic mass is 10.1. The second-order valence-electron chi connectivity index (χ2n) is 4.30. The molecule has 0 amide bonds. The maximum absolute atomic E-state index is 12.4. The third-order valence-electron chi connectivity index (χ3n) is 2.33. The molecule has 0 saturated carbocycles. The Hall–Kier alpha value is -0.900. The Bertz CT molecular complexity index is 375. The molecule has 0 aliphatic rings. The molecule has 5 heteroatoms. The molecule has 0 heterocycles. The smallest absolute Gasteiger partial charge is 0.384 e. The van der Waals surface area contributed by atoms with E-state index in [9.17, 15) is 13.2 Å². The Balaban J connectivity index is 2.70. The third kappa shape index (κ3) is 4.46. The van der Waals surface area contributed by atoms with Crippen LogP contribution in [0, 0.1) is 5.92 Å². The van der Waals surface area contributed by atoms with Crippen molar-refractivity contribution in [1.82, 2.24) is 0 Å². The zero-order valence-electron chi connectivity index (χ0n) is 9.74. The van der Waals surface area contributed by atoms with Gasteiger partial charge in [0.05, 0.1) is 16.3 Å². The minimum absolute atomic E-state index is 0.101. The van der Waals surface area contributed by atoms with Gasteiger partial charge in [-0.3, -0.25) is 0 Å². The van der Waals surface area contributed by atoms with Gasteiger partial charge in [-0.05, 0) is 30.5 Å². The van der Waals surface area contributed by atoms with Crippen molar-refractivity contribution in [2.24, 2.45) is 5.92 Å².